The molecule has 4 N–H and O–H groups in total. The first-order valence-corrected chi connectivity index (χ1v) is 16.8. The molecule has 0 radical (unpaired) electrons. The van der Waals surface area contributed by atoms with Crippen molar-refractivity contribution in [3.8, 4) is 0 Å². The van der Waals surface area contributed by atoms with Gasteiger partial charge in [0.2, 0.25) is 0 Å². The van der Waals surface area contributed by atoms with E-state index < -0.39 is 37.3 Å². The Balaban J connectivity index is 1.03. The van der Waals surface area contributed by atoms with Gasteiger partial charge in [-0.05, 0) is 104 Å². The number of fused-ring (bicyclic) bond motifs is 7. The number of ether oxygens (including phenoxy) is 4. The maximum absolute atomic E-state index is 10.5. The number of hydrogen-bond donors (Lipinski definition) is 4. The van der Waals surface area contributed by atoms with Gasteiger partial charge in [0.05, 0.1) is 25.4 Å². The van der Waals surface area contributed by atoms with Crippen molar-refractivity contribution in [2.45, 2.75) is 141 Å². The first-order valence-electron chi connectivity index (χ1n) is 16.8. The molecule has 0 amide bonds. The normalized spacial score (nSPS) is 60.3. The van der Waals surface area contributed by atoms with E-state index in [-0.39, 0.29) is 17.3 Å². The second-order valence-electron chi connectivity index (χ2n) is 15.9. The van der Waals surface area contributed by atoms with Gasteiger partial charge in [-0.15, -0.1) is 0 Å². The molecule has 0 aromatic heterocycles. The predicted octanol–water partition coefficient (Wildman–Crippen LogP) is 3.62. The van der Waals surface area contributed by atoms with Crippen molar-refractivity contribution < 1.29 is 39.4 Å². The van der Waals surface area contributed by atoms with Crippen LogP contribution in [0.5, 0.6) is 0 Å². The van der Waals surface area contributed by atoms with Gasteiger partial charge in [-0.25, -0.2) is 0 Å². The van der Waals surface area contributed by atoms with Gasteiger partial charge in [0.25, 0.3) is 0 Å². The SMILES string of the molecule is C[C@H]1CC[C@@]2(OC1)O[C@H]1C[C@H]3[C@@H]4CC[C@@H]5C[C@@H](O[C@@H]6O[C@H](CO)[C@@H](O)[C@H](O)[C@H]6O)CC[C@]5(C)[C@H]4CC[C@]3(C)[C@H]1[C@@H]2C. The fourth-order valence-electron chi connectivity index (χ4n) is 11.7. The summed E-state index contributed by atoms with van der Waals surface area (Å²) in [5.74, 6) is 4.08. The van der Waals surface area contributed by atoms with E-state index in [0.29, 0.717) is 35.2 Å². The molecule has 8 heteroatoms. The van der Waals surface area contributed by atoms with Crippen LogP contribution in [-0.4, -0.2) is 82.3 Å². The molecule has 17 atom stereocenters. The molecular formula is C33H54O8. The second-order valence-corrected chi connectivity index (χ2v) is 15.9. The third-order valence-corrected chi connectivity index (χ3v) is 14.1. The van der Waals surface area contributed by atoms with Crippen molar-refractivity contribution in [2.24, 2.45) is 52.3 Å². The molecule has 234 valence electrons. The van der Waals surface area contributed by atoms with Crippen LogP contribution in [0.4, 0.5) is 0 Å². The van der Waals surface area contributed by atoms with Crippen LogP contribution in [0.1, 0.15) is 91.9 Å². The molecule has 7 aliphatic rings. The average molecular weight is 579 g/mol. The Morgan fingerprint density at radius 1 is 0.829 bits per heavy atom. The van der Waals surface area contributed by atoms with Gasteiger partial charge >= 0.3 is 0 Å². The van der Waals surface area contributed by atoms with Crippen LogP contribution in [0, 0.1) is 52.3 Å². The maximum Gasteiger partial charge on any atom is 0.186 e. The first kappa shape index (κ1) is 29.4. The van der Waals surface area contributed by atoms with Crippen molar-refractivity contribution in [3.63, 3.8) is 0 Å². The molecule has 1 spiro atoms. The molecule has 0 bridgehead atoms. The van der Waals surface area contributed by atoms with Gasteiger partial charge in [0.15, 0.2) is 12.1 Å². The Labute approximate surface area is 245 Å². The van der Waals surface area contributed by atoms with Crippen LogP contribution < -0.4 is 0 Å². The molecule has 3 heterocycles. The highest BCUT2D eigenvalue weighted by Gasteiger charge is 2.69. The fraction of sp³-hybridized carbons (Fsp3) is 1.00. The summed E-state index contributed by atoms with van der Waals surface area (Å²) in [6.07, 6.45) is 5.64. The van der Waals surface area contributed by atoms with Crippen molar-refractivity contribution in [1.29, 1.82) is 0 Å². The van der Waals surface area contributed by atoms with E-state index in [0.717, 1.165) is 50.0 Å². The lowest BCUT2D eigenvalue weighted by Gasteiger charge is -2.61. The minimum absolute atomic E-state index is 0.0607. The lowest BCUT2D eigenvalue weighted by atomic mass is 9.44. The quantitative estimate of drug-likeness (QED) is 0.375. The Hall–Kier alpha value is -0.320. The summed E-state index contributed by atoms with van der Waals surface area (Å²) in [7, 11) is 0. The first-order chi connectivity index (χ1) is 19.5. The Bertz CT molecular complexity index is 967. The van der Waals surface area contributed by atoms with Crippen LogP contribution in [-0.2, 0) is 18.9 Å². The van der Waals surface area contributed by atoms with Crippen molar-refractivity contribution in [3.05, 3.63) is 0 Å². The smallest absolute Gasteiger partial charge is 0.186 e. The van der Waals surface area contributed by atoms with Gasteiger partial charge < -0.3 is 39.4 Å². The third-order valence-electron chi connectivity index (χ3n) is 14.1. The molecular weight excluding hydrogens is 524 g/mol. The molecule has 7 fully saturated rings. The fourth-order valence-corrected chi connectivity index (χ4v) is 11.7. The second kappa shape index (κ2) is 10.4. The van der Waals surface area contributed by atoms with E-state index in [1.54, 1.807) is 0 Å². The summed E-state index contributed by atoms with van der Waals surface area (Å²) in [6.45, 7) is 10.3. The molecule has 41 heavy (non-hydrogen) atoms. The maximum atomic E-state index is 10.5. The van der Waals surface area contributed by atoms with Crippen LogP contribution >= 0.6 is 0 Å². The highest BCUT2D eigenvalue weighted by atomic mass is 16.7. The van der Waals surface area contributed by atoms with E-state index >= 15 is 0 Å². The number of hydrogen-bond acceptors (Lipinski definition) is 8. The number of aliphatic hydroxyl groups is 4. The van der Waals surface area contributed by atoms with Crippen LogP contribution in [0.2, 0.25) is 0 Å². The summed E-state index contributed by atoms with van der Waals surface area (Å²) in [6, 6.07) is 0. The van der Waals surface area contributed by atoms with Crippen LogP contribution in [0.15, 0.2) is 0 Å². The number of rotatable bonds is 3. The zero-order chi connectivity index (χ0) is 28.9. The lowest BCUT2D eigenvalue weighted by Crippen LogP contribution is -2.60. The van der Waals surface area contributed by atoms with Gasteiger partial charge in [-0.3, -0.25) is 0 Å². The zero-order valence-electron chi connectivity index (χ0n) is 25.5. The zero-order valence-corrected chi connectivity index (χ0v) is 25.5. The molecule has 3 saturated heterocycles. The van der Waals surface area contributed by atoms with Gasteiger partial charge in [0.1, 0.15) is 24.4 Å². The van der Waals surface area contributed by atoms with Gasteiger partial charge in [0, 0.05) is 12.3 Å². The van der Waals surface area contributed by atoms with Crippen LogP contribution in [0.25, 0.3) is 0 Å². The molecule has 0 unspecified atom stereocenters. The standard InChI is InChI=1S/C33H54O8/c1-17-7-12-33(38-16-17)18(2)26-24(41-33)14-23-21-6-5-19-13-20(8-10-31(19,3)22(21)9-11-32(23,26)4)39-30-29(37)28(36)27(35)25(15-34)40-30/h17-30,34-37H,5-16H2,1-4H3/t17-,18-,19+,20-,21+,22-,23-,24-,25+,26-,27+,28-,29+,30+,31-,32-,33+/m0/s1. The van der Waals surface area contributed by atoms with E-state index in [9.17, 15) is 20.4 Å². The molecule has 0 aromatic carbocycles. The Kier molecular flexibility index (Phi) is 7.43. The molecule has 4 aliphatic carbocycles. The van der Waals surface area contributed by atoms with Gasteiger partial charge in [-0.2, -0.15) is 0 Å². The highest BCUT2D eigenvalue weighted by Crippen LogP contribution is 2.71. The van der Waals surface area contributed by atoms with E-state index in [1.165, 1.54) is 38.5 Å². The molecule has 4 saturated carbocycles. The van der Waals surface area contributed by atoms with Crippen molar-refractivity contribution in [2.75, 3.05) is 13.2 Å². The van der Waals surface area contributed by atoms with E-state index in [2.05, 4.69) is 27.7 Å². The van der Waals surface area contributed by atoms with E-state index in [4.69, 9.17) is 18.9 Å². The molecule has 7 rings (SSSR count). The Morgan fingerprint density at radius 3 is 2.34 bits per heavy atom. The Morgan fingerprint density at radius 2 is 1.61 bits per heavy atom. The molecule has 0 aromatic rings. The largest absolute Gasteiger partial charge is 0.394 e. The topological polar surface area (TPSA) is 118 Å². The summed E-state index contributed by atoms with van der Waals surface area (Å²) in [5.41, 5.74) is 0.612. The summed E-state index contributed by atoms with van der Waals surface area (Å²) < 4.78 is 25.4. The monoisotopic (exact) mass is 578 g/mol. The predicted molar refractivity (Wildman–Crippen MR) is 150 cm³/mol. The average Bonchev–Trinajstić information content (AvgIpc) is 3.40. The number of aliphatic hydroxyl groups excluding tert-OH is 4. The van der Waals surface area contributed by atoms with Crippen molar-refractivity contribution in [1.82, 2.24) is 0 Å². The lowest BCUT2D eigenvalue weighted by molar-refractivity contribution is -0.316. The minimum Gasteiger partial charge on any atom is -0.394 e. The van der Waals surface area contributed by atoms with E-state index in [1.807, 2.05) is 0 Å². The van der Waals surface area contributed by atoms with Crippen molar-refractivity contribution >= 4 is 0 Å². The summed E-state index contributed by atoms with van der Waals surface area (Å²) in [4.78, 5) is 0. The summed E-state index contributed by atoms with van der Waals surface area (Å²) >= 11 is 0. The molecule has 8 nitrogen and oxygen atoms in total. The third kappa shape index (κ3) is 4.36. The highest BCUT2D eigenvalue weighted by molar-refractivity contribution is 5.15. The minimum atomic E-state index is -1.40. The van der Waals surface area contributed by atoms with Crippen LogP contribution in [0.3, 0.4) is 0 Å². The summed E-state index contributed by atoms with van der Waals surface area (Å²) in [5, 5.41) is 40.4. The molecule has 3 aliphatic heterocycles. The van der Waals surface area contributed by atoms with Gasteiger partial charge in [-0.1, -0.05) is 27.7 Å².